The highest BCUT2D eigenvalue weighted by Gasteiger charge is 2.45. The van der Waals surface area contributed by atoms with Crippen LogP contribution in [0, 0.1) is 0 Å². The monoisotopic (exact) mass is 265 g/mol. The summed E-state index contributed by atoms with van der Waals surface area (Å²) in [5, 5.41) is -1.99. The number of hydrogen-bond donors (Lipinski definition) is 0. The maximum absolute atomic E-state index is 11.0. The van der Waals surface area contributed by atoms with E-state index < -0.39 is 33.2 Å². The normalized spacial score (nSPS) is 16.4. The fourth-order valence-corrected chi connectivity index (χ4v) is 4.23. The molecule has 84 valence electrons. The van der Waals surface area contributed by atoms with Gasteiger partial charge in [0.15, 0.2) is 0 Å². The maximum atomic E-state index is 11.0. The van der Waals surface area contributed by atoms with E-state index in [1.54, 1.807) is 0 Å². The van der Waals surface area contributed by atoms with Crippen molar-refractivity contribution in [2.75, 3.05) is 19.6 Å². The number of hydrogen-bond acceptors (Lipinski definition) is 7. The third kappa shape index (κ3) is 4.97. The molecule has 0 aromatic heterocycles. The Morgan fingerprint density at radius 2 is 1.57 bits per heavy atom. The smallest absolute Gasteiger partial charge is 0.222 e. The van der Waals surface area contributed by atoms with Crippen molar-refractivity contribution in [1.82, 2.24) is 0 Å². The summed E-state index contributed by atoms with van der Waals surface area (Å²) in [6, 6.07) is 0. The summed E-state index contributed by atoms with van der Waals surface area (Å²) >= 11 is 0. The van der Waals surface area contributed by atoms with Gasteiger partial charge in [0.2, 0.25) is 9.84 Å². The number of sulfone groups is 1. The second-order valence-electron chi connectivity index (χ2n) is 2.40. The van der Waals surface area contributed by atoms with Crippen LogP contribution in [0.1, 0.15) is 0 Å². The van der Waals surface area contributed by atoms with E-state index in [9.17, 15) is 21.4 Å². The molecule has 0 N–H and O–H groups in total. The first kappa shape index (κ1) is 13.9. The van der Waals surface area contributed by atoms with E-state index in [2.05, 4.69) is 8.71 Å². The highest BCUT2D eigenvalue weighted by Crippen LogP contribution is 2.33. The van der Waals surface area contributed by atoms with Gasteiger partial charge in [0.25, 0.3) is 10.1 Å². The summed E-state index contributed by atoms with van der Waals surface area (Å²) in [6.45, 7) is 0. The third-order valence-corrected chi connectivity index (χ3v) is 5.09. The molecule has 0 aliphatic rings. The van der Waals surface area contributed by atoms with Crippen LogP contribution in [0.2, 0.25) is 0 Å². The zero-order valence-corrected chi connectivity index (χ0v) is 10.2. The van der Waals surface area contributed by atoms with Crippen LogP contribution >= 0.6 is 8.03 Å². The summed E-state index contributed by atoms with van der Waals surface area (Å²) in [6.07, 6.45) is 1.36. The van der Waals surface area contributed by atoms with E-state index >= 15 is 0 Å². The van der Waals surface area contributed by atoms with Crippen molar-refractivity contribution < 1.29 is 30.1 Å². The molecule has 0 saturated carbocycles. The van der Waals surface area contributed by atoms with E-state index in [0.717, 1.165) is 7.11 Å². The second-order valence-corrected chi connectivity index (χ2v) is 7.85. The Bertz CT molecular complexity index is 407. The molecule has 0 aromatic rings. The van der Waals surface area contributed by atoms with Gasteiger partial charge in [-0.25, -0.2) is 12.6 Å². The van der Waals surface area contributed by atoms with Crippen molar-refractivity contribution in [2.45, 2.75) is 5.18 Å². The van der Waals surface area contributed by atoms with Gasteiger partial charge in [-0.1, -0.05) is 0 Å². The second kappa shape index (κ2) is 4.63. The van der Waals surface area contributed by atoms with Gasteiger partial charge in [0, 0.05) is 6.26 Å². The highest BCUT2D eigenvalue weighted by molar-refractivity contribution is 7.97. The zero-order valence-electron chi connectivity index (χ0n) is 7.70. The fourth-order valence-electron chi connectivity index (χ4n) is 0.498. The van der Waals surface area contributed by atoms with Crippen molar-refractivity contribution in [3.8, 4) is 0 Å². The molecule has 0 rings (SSSR count). The lowest BCUT2D eigenvalue weighted by Crippen LogP contribution is -2.23. The Hall–Kier alpha value is -0.0800. The predicted octanol–water partition coefficient (Wildman–Crippen LogP) is -0.320. The van der Waals surface area contributed by atoms with Gasteiger partial charge >= 0.3 is 13.2 Å². The molecule has 0 radical (unpaired) electrons. The van der Waals surface area contributed by atoms with Gasteiger partial charge in [-0.3, -0.25) is 0 Å². The lowest BCUT2D eigenvalue weighted by Gasteiger charge is -2.02. The quantitative estimate of drug-likeness (QED) is 0.495. The van der Waals surface area contributed by atoms with E-state index in [4.69, 9.17) is 0 Å². The molecule has 0 spiro atoms. The Kier molecular flexibility index (Phi) is 4.60. The Labute approximate surface area is 83.3 Å². The molecule has 2 atom stereocenters. The van der Waals surface area contributed by atoms with Gasteiger partial charge in [-0.2, -0.15) is 8.42 Å². The SMILES string of the molecule is CO[P+](=O)C(OS(C)(=O)=O)S(C)(=O)=O. The molecular weight excluding hydrogens is 255 g/mol. The van der Waals surface area contributed by atoms with Gasteiger partial charge in [0.05, 0.1) is 13.4 Å². The predicted molar refractivity (Wildman–Crippen MR) is 49.2 cm³/mol. The molecule has 0 amide bonds. The van der Waals surface area contributed by atoms with Gasteiger partial charge in [-0.05, 0) is 4.57 Å². The highest BCUT2D eigenvalue weighted by atomic mass is 32.2. The summed E-state index contributed by atoms with van der Waals surface area (Å²) in [4.78, 5) is 0. The summed E-state index contributed by atoms with van der Waals surface area (Å²) < 4.78 is 62.5. The average molecular weight is 265 g/mol. The van der Waals surface area contributed by atoms with Crippen LogP contribution in [-0.2, 0) is 33.2 Å². The molecule has 0 bridgehead atoms. The minimum atomic E-state index is -4.00. The van der Waals surface area contributed by atoms with E-state index in [1.165, 1.54) is 0 Å². The molecule has 0 aliphatic heterocycles. The van der Waals surface area contributed by atoms with Gasteiger partial charge < -0.3 is 0 Å². The van der Waals surface area contributed by atoms with Crippen molar-refractivity contribution in [2.24, 2.45) is 0 Å². The summed E-state index contributed by atoms with van der Waals surface area (Å²) in [5.41, 5.74) is 0. The average Bonchev–Trinajstić information content (AvgIpc) is 1.95. The molecule has 14 heavy (non-hydrogen) atoms. The van der Waals surface area contributed by atoms with Crippen molar-refractivity contribution in [3.63, 3.8) is 0 Å². The molecule has 2 unspecified atom stereocenters. The first-order valence-electron chi connectivity index (χ1n) is 3.15. The standard InChI is InChI=1S/C4H10O7PS2/c1-10-12(5)4(13(2,6)7)11-14(3,8)9/h4H,1-3H3/q+1. The van der Waals surface area contributed by atoms with Crippen LogP contribution in [0.25, 0.3) is 0 Å². The number of rotatable bonds is 5. The van der Waals surface area contributed by atoms with Gasteiger partial charge in [-0.15, -0.1) is 4.52 Å². The molecule has 7 nitrogen and oxygen atoms in total. The Morgan fingerprint density at radius 1 is 1.14 bits per heavy atom. The zero-order chi connectivity index (χ0) is 11.6. The molecule has 0 aromatic carbocycles. The Balaban J connectivity index is 5.06. The molecule has 0 saturated heterocycles. The lowest BCUT2D eigenvalue weighted by atomic mass is 11.7. The first-order chi connectivity index (χ1) is 6.08. The third-order valence-electron chi connectivity index (χ3n) is 0.975. The van der Waals surface area contributed by atoms with E-state index in [-0.39, 0.29) is 0 Å². The molecule has 10 heteroatoms. The molecule has 0 heterocycles. The fraction of sp³-hybridized carbons (Fsp3) is 1.00. The summed E-state index contributed by atoms with van der Waals surface area (Å²) in [7, 11) is -9.67. The van der Waals surface area contributed by atoms with Crippen LogP contribution in [0.15, 0.2) is 0 Å². The van der Waals surface area contributed by atoms with Crippen LogP contribution in [0.5, 0.6) is 0 Å². The van der Waals surface area contributed by atoms with E-state index in [1.807, 2.05) is 0 Å². The van der Waals surface area contributed by atoms with Crippen LogP contribution in [0.3, 0.4) is 0 Å². The first-order valence-corrected chi connectivity index (χ1v) is 8.17. The lowest BCUT2D eigenvalue weighted by molar-refractivity contribution is 0.310. The summed E-state index contributed by atoms with van der Waals surface area (Å²) in [5.74, 6) is 0. The topological polar surface area (TPSA) is 104 Å². The van der Waals surface area contributed by atoms with Crippen LogP contribution in [0.4, 0.5) is 0 Å². The molecule has 0 fully saturated rings. The van der Waals surface area contributed by atoms with Crippen molar-refractivity contribution in [1.29, 1.82) is 0 Å². The largest absolute Gasteiger partial charge is 0.558 e. The molecular formula is C4H10O7PS2+. The maximum Gasteiger partial charge on any atom is 0.558 e. The van der Waals surface area contributed by atoms with Crippen molar-refractivity contribution >= 4 is 28.0 Å². The van der Waals surface area contributed by atoms with Gasteiger partial charge in [0.1, 0.15) is 0 Å². The Morgan fingerprint density at radius 3 is 1.79 bits per heavy atom. The van der Waals surface area contributed by atoms with Crippen molar-refractivity contribution in [3.05, 3.63) is 0 Å². The van der Waals surface area contributed by atoms with Crippen LogP contribution < -0.4 is 0 Å². The molecule has 0 aliphatic carbocycles. The minimum absolute atomic E-state index is 0.657. The minimum Gasteiger partial charge on any atom is -0.222 e. The van der Waals surface area contributed by atoms with E-state index in [0.29, 0.717) is 12.5 Å². The van der Waals surface area contributed by atoms with Crippen LogP contribution in [-0.4, -0.2) is 41.6 Å².